The maximum Gasteiger partial charge on any atom is 0.338 e. The lowest BCUT2D eigenvalue weighted by Crippen LogP contribution is -2.06. The van der Waals surface area contributed by atoms with Crippen LogP contribution in [0.2, 0.25) is 0 Å². The van der Waals surface area contributed by atoms with Gasteiger partial charge in [0, 0.05) is 5.56 Å². The summed E-state index contributed by atoms with van der Waals surface area (Å²) in [5, 5.41) is 3.99. The molecule has 0 radical (unpaired) electrons. The number of nitrogens with zero attached hydrogens (tertiary/aromatic N) is 3. The van der Waals surface area contributed by atoms with E-state index in [4.69, 9.17) is 4.74 Å². The number of carbonyl (C=O) groups excluding carboxylic acids is 1. The van der Waals surface area contributed by atoms with Gasteiger partial charge in [-0.3, -0.25) is 0 Å². The van der Waals surface area contributed by atoms with E-state index in [0.717, 1.165) is 5.69 Å². The molecule has 3 rings (SSSR count). The van der Waals surface area contributed by atoms with E-state index in [1.807, 2.05) is 0 Å². The topological polar surface area (TPSA) is 57.0 Å². The summed E-state index contributed by atoms with van der Waals surface area (Å²) in [6, 6.07) is 12.9. The van der Waals surface area contributed by atoms with Crippen molar-refractivity contribution in [1.29, 1.82) is 0 Å². The number of benzene rings is 2. The number of rotatable bonds is 4. The summed E-state index contributed by atoms with van der Waals surface area (Å²) in [4.78, 5) is 15.8. The van der Waals surface area contributed by atoms with E-state index in [1.165, 1.54) is 12.4 Å². The second kappa shape index (κ2) is 6.17. The van der Waals surface area contributed by atoms with Gasteiger partial charge in [-0.25, -0.2) is 18.9 Å². The molecule has 0 fully saturated rings. The predicted octanol–water partition coefficient (Wildman–Crippen LogP) is 2.76. The number of aromatic nitrogens is 3. The van der Waals surface area contributed by atoms with Gasteiger partial charge in [0.05, 0.1) is 11.3 Å². The van der Waals surface area contributed by atoms with E-state index in [1.54, 1.807) is 53.5 Å². The van der Waals surface area contributed by atoms with E-state index in [9.17, 15) is 9.18 Å². The number of carbonyl (C=O) groups is 1. The van der Waals surface area contributed by atoms with Gasteiger partial charge in [-0.15, -0.1) is 0 Å². The van der Waals surface area contributed by atoms with E-state index in [2.05, 4.69) is 10.1 Å². The standard InChI is InChI=1S/C16H12FN3O2/c17-15-4-2-1-3-13(15)9-22-16(21)12-5-7-14(8-6-12)20-11-18-10-19-20/h1-8,10-11H,9H2. The van der Waals surface area contributed by atoms with Gasteiger partial charge in [-0.2, -0.15) is 5.10 Å². The molecular formula is C16H12FN3O2. The lowest BCUT2D eigenvalue weighted by molar-refractivity contribution is 0.0469. The Kier molecular flexibility index (Phi) is 3.91. The van der Waals surface area contributed by atoms with Crippen molar-refractivity contribution in [2.75, 3.05) is 0 Å². The highest BCUT2D eigenvalue weighted by Crippen LogP contribution is 2.12. The Morgan fingerprint density at radius 2 is 1.91 bits per heavy atom. The third kappa shape index (κ3) is 3.01. The average Bonchev–Trinajstić information content (AvgIpc) is 3.08. The Balaban J connectivity index is 1.67. The molecule has 3 aromatic rings. The Labute approximate surface area is 126 Å². The summed E-state index contributed by atoms with van der Waals surface area (Å²) in [5.41, 5.74) is 1.51. The van der Waals surface area contributed by atoms with Crippen LogP contribution in [0.5, 0.6) is 0 Å². The van der Waals surface area contributed by atoms with Crippen LogP contribution in [0.1, 0.15) is 15.9 Å². The summed E-state index contributed by atoms with van der Waals surface area (Å²) < 4.78 is 20.1. The minimum Gasteiger partial charge on any atom is -0.457 e. The molecule has 2 aromatic carbocycles. The highest BCUT2D eigenvalue weighted by Gasteiger charge is 2.09. The van der Waals surface area contributed by atoms with Crippen LogP contribution in [0.25, 0.3) is 5.69 Å². The molecule has 6 heteroatoms. The maximum atomic E-state index is 13.4. The van der Waals surface area contributed by atoms with E-state index >= 15 is 0 Å². The monoisotopic (exact) mass is 297 g/mol. The van der Waals surface area contributed by atoms with Gasteiger partial charge < -0.3 is 4.74 Å². The summed E-state index contributed by atoms with van der Waals surface area (Å²) in [6.45, 7) is -0.101. The Hall–Kier alpha value is -3.02. The highest BCUT2D eigenvalue weighted by atomic mass is 19.1. The van der Waals surface area contributed by atoms with Crippen LogP contribution < -0.4 is 0 Å². The number of hydrogen-bond acceptors (Lipinski definition) is 4. The smallest absolute Gasteiger partial charge is 0.338 e. The molecule has 0 bridgehead atoms. The SMILES string of the molecule is O=C(OCc1ccccc1F)c1ccc(-n2cncn2)cc1. The second-order valence-corrected chi connectivity index (χ2v) is 4.55. The molecule has 5 nitrogen and oxygen atoms in total. The fourth-order valence-corrected chi connectivity index (χ4v) is 1.93. The second-order valence-electron chi connectivity index (χ2n) is 4.55. The van der Waals surface area contributed by atoms with Crippen LogP contribution in [0.3, 0.4) is 0 Å². The number of halogens is 1. The molecule has 1 aromatic heterocycles. The van der Waals surface area contributed by atoms with Gasteiger partial charge in [0.15, 0.2) is 0 Å². The van der Waals surface area contributed by atoms with Gasteiger partial charge in [0.1, 0.15) is 25.1 Å². The molecule has 22 heavy (non-hydrogen) atoms. The summed E-state index contributed by atoms with van der Waals surface area (Å²) in [5.74, 6) is -0.898. The normalized spacial score (nSPS) is 10.4. The molecule has 1 heterocycles. The number of esters is 1. The van der Waals surface area contributed by atoms with Crippen molar-refractivity contribution in [3.05, 3.63) is 78.1 Å². The molecule has 0 spiro atoms. The molecule has 110 valence electrons. The van der Waals surface area contributed by atoms with Crippen LogP contribution in [0, 0.1) is 5.82 Å². The predicted molar refractivity (Wildman–Crippen MR) is 76.9 cm³/mol. The van der Waals surface area contributed by atoms with Crippen LogP contribution >= 0.6 is 0 Å². The molecule has 0 aliphatic rings. The number of ether oxygens (including phenoxy) is 1. The summed E-state index contributed by atoms with van der Waals surface area (Å²) >= 11 is 0. The van der Waals surface area contributed by atoms with E-state index < -0.39 is 11.8 Å². The van der Waals surface area contributed by atoms with Gasteiger partial charge in [0.25, 0.3) is 0 Å². The first kappa shape index (κ1) is 13.9. The Bertz CT molecular complexity index is 770. The molecule has 0 N–H and O–H groups in total. The molecule has 0 aliphatic heterocycles. The molecule has 0 amide bonds. The van der Waals surface area contributed by atoms with Gasteiger partial charge in [-0.1, -0.05) is 18.2 Å². The third-order valence-corrected chi connectivity index (χ3v) is 3.10. The van der Waals surface area contributed by atoms with Crippen molar-refractivity contribution in [2.24, 2.45) is 0 Å². The average molecular weight is 297 g/mol. The van der Waals surface area contributed by atoms with Crippen molar-refractivity contribution in [3.63, 3.8) is 0 Å². The first-order chi connectivity index (χ1) is 10.7. The maximum absolute atomic E-state index is 13.4. The fourth-order valence-electron chi connectivity index (χ4n) is 1.93. The molecule has 0 saturated carbocycles. The summed E-state index contributed by atoms with van der Waals surface area (Å²) in [7, 11) is 0. The van der Waals surface area contributed by atoms with E-state index in [-0.39, 0.29) is 6.61 Å². The minimum atomic E-state index is -0.506. The zero-order valence-corrected chi connectivity index (χ0v) is 11.5. The Morgan fingerprint density at radius 1 is 1.14 bits per heavy atom. The lowest BCUT2D eigenvalue weighted by atomic mass is 10.2. The van der Waals surface area contributed by atoms with Gasteiger partial charge >= 0.3 is 5.97 Å². The van der Waals surface area contributed by atoms with Crippen molar-refractivity contribution in [3.8, 4) is 5.69 Å². The molecule has 0 aliphatic carbocycles. The lowest BCUT2D eigenvalue weighted by Gasteiger charge is -2.06. The van der Waals surface area contributed by atoms with Crippen LogP contribution in [-0.2, 0) is 11.3 Å². The molecule has 0 atom stereocenters. The van der Waals surface area contributed by atoms with E-state index in [0.29, 0.717) is 11.1 Å². The summed E-state index contributed by atoms with van der Waals surface area (Å²) in [6.07, 6.45) is 2.99. The van der Waals surface area contributed by atoms with Crippen molar-refractivity contribution >= 4 is 5.97 Å². The number of hydrogen-bond donors (Lipinski definition) is 0. The first-order valence-corrected chi connectivity index (χ1v) is 6.59. The van der Waals surface area contributed by atoms with Crippen molar-refractivity contribution in [2.45, 2.75) is 6.61 Å². The largest absolute Gasteiger partial charge is 0.457 e. The zero-order valence-electron chi connectivity index (χ0n) is 11.5. The minimum absolute atomic E-state index is 0.101. The zero-order chi connectivity index (χ0) is 15.4. The van der Waals surface area contributed by atoms with Gasteiger partial charge in [0.2, 0.25) is 0 Å². The Morgan fingerprint density at radius 3 is 2.59 bits per heavy atom. The third-order valence-electron chi connectivity index (χ3n) is 3.10. The van der Waals surface area contributed by atoms with Crippen LogP contribution in [0.15, 0.2) is 61.2 Å². The van der Waals surface area contributed by atoms with Crippen LogP contribution in [0.4, 0.5) is 4.39 Å². The molecule has 0 saturated heterocycles. The highest BCUT2D eigenvalue weighted by molar-refractivity contribution is 5.89. The quantitative estimate of drug-likeness (QED) is 0.695. The van der Waals surface area contributed by atoms with Crippen molar-refractivity contribution in [1.82, 2.24) is 14.8 Å². The first-order valence-electron chi connectivity index (χ1n) is 6.59. The molecular weight excluding hydrogens is 285 g/mol. The van der Waals surface area contributed by atoms with Crippen molar-refractivity contribution < 1.29 is 13.9 Å². The molecule has 0 unspecified atom stereocenters. The van der Waals surface area contributed by atoms with Crippen LogP contribution in [-0.4, -0.2) is 20.7 Å². The van der Waals surface area contributed by atoms with Gasteiger partial charge in [-0.05, 0) is 30.3 Å². The fraction of sp³-hybridized carbons (Fsp3) is 0.0625.